The standard InChI is InChI=1S/C14H12F3N3O2S/c15-14(16,17)6-5-11(21)19-10-3-1-9(2-4-10)12(22)20-13-18-7-8-23-13/h1-4,7-8H,5-6H2,(H,19,21)(H,18,20,22). The van der Waals surface area contributed by atoms with E-state index in [1.54, 1.807) is 11.6 Å². The molecule has 1 heterocycles. The Kier molecular flexibility index (Phi) is 5.32. The molecule has 0 saturated heterocycles. The van der Waals surface area contributed by atoms with Crippen molar-refractivity contribution in [2.45, 2.75) is 19.0 Å². The Hall–Kier alpha value is -2.42. The zero-order chi connectivity index (χ0) is 16.9. The average molecular weight is 343 g/mol. The molecule has 0 saturated carbocycles. The summed E-state index contributed by atoms with van der Waals surface area (Å²) in [6.07, 6.45) is -4.63. The van der Waals surface area contributed by atoms with Crippen LogP contribution in [0.15, 0.2) is 35.8 Å². The van der Waals surface area contributed by atoms with E-state index in [1.165, 1.54) is 35.6 Å². The maximum absolute atomic E-state index is 12.0. The molecular weight excluding hydrogens is 331 g/mol. The largest absolute Gasteiger partial charge is 0.389 e. The first-order chi connectivity index (χ1) is 10.8. The predicted molar refractivity (Wildman–Crippen MR) is 80.4 cm³/mol. The number of alkyl halides is 3. The van der Waals surface area contributed by atoms with Crippen molar-refractivity contribution in [2.75, 3.05) is 10.6 Å². The van der Waals surface area contributed by atoms with Gasteiger partial charge in [0.05, 0.1) is 6.42 Å². The summed E-state index contributed by atoms with van der Waals surface area (Å²) in [7, 11) is 0. The molecule has 2 rings (SSSR count). The van der Waals surface area contributed by atoms with Crippen molar-refractivity contribution in [3.05, 3.63) is 41.4 Å². The van der Waals surface area contributed by atoms with E-state index in [4.69, 9.17) is 0 Å². The van der Waals surface area contributed by atoms with Crippen LogP contribution in [0.3, 0.4) is 0 Å². The third kappa shape index (κ3) is 5.70. The fourth-order valence-corrected chi connectivity index (χ4v) is 2.16. The van der Waals surface area contributed by atoms with Crippen LogP contribution in [0.4, 0.5) is 24.0 Å². The Morgan fingerprint density at radius 2 is 1.83 bits per heavy atom. The van der Waals surface area contributed by atoms with Crippen molar-refractivity contribution in [3.8, 4) is 0 Å². The Morgan fingerprint density at radius 3 is 2.39 bits per heavy atom. The number of carbonyl (C=O) groups is 2. The van der Waals surface area contributed by atoms with Crippen LogP contribution in [0.1, 0.15) is 23.2 Å². The van der Waals surface area contributed by atoms with Gasteiger partial charge in [0, 0.05) is 29.2 Å². The molecule has 0 unspecified atom stereocenters. The zero-order valence-corrected chi connectivity index (χ0v) is 12.5. The number of thiazole rings is 1. The first-order valence-corrected chi connectivity index (χ1v) is 7.39. The lowest BCUT2D eigenvalue weighted by Gasteiger charge is -2.08. The van der Waals surface area contributed by atoms with E-state index < -0.39 is 24.9 Å². The van der Waals surface area contributed by atoms with Gasteiger partial charge in [-0.2, -0.15) is 13.2 Å². The number of rotatable bonds is 5. The van der Waals surface area contributed by atoms with Gasteiger partial charge in [0.1, 0.15) is 0 Å². The molecule has 1 aromatic carbocycles. The Bertz CT molecular complexity index is 670. The van der Waals surface area contributed by atoms with Crippen LogP contribution in [0.25, 0.3) is 0 Å². The van der Waals surface area contributed by atoms with Gasteiger partial charge in [-0.05, 0) is 24.3 Å². The number of halogens is 3. The van der Waals surface area contributed by atoms with Crippen LogP contribution >= 0.6 is 11.3 Å². The molecule has 0 fully saturated rings. The maximum Gasteiger partial charge on any atom is 0.389 e. The number of benzene rings is 1. The topological polar surface area (TPSA) is 71.1 Å². The molecule has 0 spiro atoms. The molecule has 0 aliphatic carbocycles. The summed E-state index contributed by atoms with van der Waals surface area (Å²) in [6, 6.07) is 5.81. The van der Waals surface area contributed by atoms with Crippen LogP contribution in [-0.2, 0) is 4.79 Å². The highest BCUT2D eigenvalue weighted by Crippen LogP contribution is 2.21. The molecule has 9 heteroatoms. The Labute approximate surface area is 133 Å². The number of amides is 2. The molecule has 2 amide bonds. The predicted octanol–water partition coefficient (Wildman–Crippen LogP) is 3.68. The molecule has 0 atom stereocenters. The number of nitrogens with one attached hydrogen (secondary N) is 2. The van der Waals surface area contributed by atoms with Gasteiger partial charge in [-0.15, -0.1) is 11.3 Å². The highest BCUT2D eigenvalue weighted by molar-refractivity contribution is 7.13. The zero-order valence-electron chi connectivity index (χ0n) is 11.7. The van der Waals surface area contributed by atoms with E-state index in [-0.39, 0.29) is 5.91 Å². The summed E-state index contributed by atoms with van der Waals surface area (Å²) in [4.78, 5) is 27.2. The fourth-order valence-electron chi connectivity index (χ4n) is 1.64. The maximum atomic E-state index is 12.0. The number of nitrogens with zero attached hydrogens (tertiary/aromatic N) is 1. The summed E-state index contributed by atoms with van der Waals surface area (Å²) in [5.74, 6) is -1.10. The van der Waals surface area contributed by atoms with Crippen LogP contribution in [0, 0.1) is 0 Å². The lowest BCUT2D eigenvalue weighted by molar-refractivity contribution is -0.142. The molecule has 23 heavy (non-hydrogen) atoms. The van der Waals surface area contributed by atoms with Gasteiger partial charge in [-0.1, -0.05) is 0 Å². The van der Waals surface area contributed by atoms with Crippen LogP contribution in [0.5, 0.6) is 0 Å². The molecule has 5 nitrogen and oxygen atoms in total. The lowest BCUT2D eigenvalue weighted by Crippen LogP contribution is -2.16. The molecule has 1 aromatic heterocycles. The van der Waals surface area contributed by atoms with E-state index in [2.05, 4.69) is 15.6 Å². The summed E-state index contributed by atoms with van der Waals surface area (Å²) in [5.41, 5.74) is 0.663. The Morgan fingerprint density at radius 1 is 1.13 bits per heavy atom. The third-order valence-electron chi connectivity index (χ3n) is 2.72. The van der Waals surface area contributed by atoms with Gasteiger partial charge < -0.3 is 5.32 Å². The monoisotopic (exact) mass is 343 g/mol. The van der Waals surface area contributed by atoms with E-state index in [1.807, 2.05) is 0 Å². The van der Waals surface area contributed by atoms with Gasteiger partial charge in [-0.3, -0.25) is 14.9 Å². The second kappa shape index (κ2) is 7.23. The van der Waals surface area contributed by atoms with Crippen LogP contribution in [0.2, 0.25) is 0 Å². The van der Waals surface area contributed by atoms with Gasteiger partial charge in [0.15, 0.2) is 5.13 Å². The fraction of sp³-hybridized carbons (Fsp3) is 0.214. The number of hydrogen-bond donors (Lipinski definition) is 2. The summed E-state index contributed by atoms with van der Waals surface area (Å²) in [6.45, 7) is 0. The minimum absolute atomic E-state index is 0.322. The van der Waals surface area contributed by atoms with E-state index in [0.29, 0.717) is 16.4 Å². The number of carbonyl (C=O) groups excluding carboxylic acids is 2. The van der Waals surface area contributed by atoms with Crippen molar-refractivity contribution in [1.29, 1.82) is 0 Å². The third-order valence-corrected chi connectivity index (χ3v) is 3.41. The molecular formula is C14H12F3N3O2S. The molecule has 2 aromatic rings. The SMILES string of the molecule is O=C(CCC(F)(F)F)Nc1ccc(C(=O)Nc2nccs2)cc1. The van der Waals surface area contributed by atoms with E-state index >= 15 is 0 Å². The minimum Gasteiger partial charge on any atom is -0.326 e. The number of hydrogen-bond acceptors (Lipinski definition) is 4. The summed E-state index contributed by atoms with van der Waals surface area (Å²) < 4.78 is 36.1. The molecule has 0 radical (unpaired) electrons. The molecule has 0 aliphatic rings. The van der Waals surface area contributed by atoms with Crippen molar-refractivity contribution in [2.24, 2.45) is 0 Å². The van der Waals surface area contributed by atoms with Crippen molar-refractivity contribution < 1.29 is 22.8 Å². The second-order valence-electron chi connectivity index (χ2n) is 4.53. The number of aromatic nitrogens is 1. The molecule has 122 valence electrons. The highest BCUT2D eigenvalue weighted by Gasteiger charge is 2.27. The Balaban J connectivity index is 1.89. The normalized spacial score (nSPS) is 11.1. The quantitative estimate of drug-likeness (QED) is 0.870. The van der Waals surface area contributed by atoms with Gasteiger partial charge in [0.25, 0.3) is 5.91 Å². The molecule has 0 bridgehead atoms. The second-order valence-corrected chi connectivity index (χ2v) is 5.43. The van der Waals surface area contributed by atoms with Crippen molar-refractivity contribution in [3.63, 3.8) is 0 Å². The summed E-state index contributed by atoms with van der Waals surface area (Å²) in [5, 5.41) is 7.11. The van der Waals surface area contributed by atoms with Crippen LogP contribution in [-0.4, -0.2) is 23.0 Å². The number of anilines is 2. The van der Waals surface area contributed by atoms with Crippen molar-refractivity contribution >= 4 is 34.0 Å². The smallest absolute Gasteiger partial charge is 0.326 e. The molecule has 0 aliphatic heterocycles. The van der Waals surface area contributed by atoms with Crippen LogP contribution < -0.4 is 10.6 Å². The first kappa shape index (κ1) is 16.9. The van der Waals surface area contributed by atoms with E-state index in [9.17, 15) is 22.8 Å². The first-order valence-electron chi connectivity index (χ1n) is 6.51. The van der Waals surface area contributed by atoms with E-state index in [0.717, 1.165) is 0 Å². The highest BCUT2D eigenvalue weighted by atomic mass is 32.1. The van der Waals surface area contributed by atoms with Crippen molar-refractivity contribution in [1.82, 2.24) is 4.98 Å². The van der Waals surface area contributed by atoms with Gasteiger partial charge >= 0.3 is 6.18 Å². The lowest BCUT2D eigenvalue weighted by atomic mass is 10.2. The summed E-state index contributed by atoms with van der Waals surface area (Å²) >= 11 is 1.27. The average Bonchev–Trinajstić information content (AvgIpc) is 2.98. The van der Waals surface area contributed by atoms with Gasteiger partial charge in [-0.25, -0.2) is 4.98 Å². The minimum atomic E-state index is -4.37. The van der Waals surface area contributed by atoms with Gasteiger partial charge in [0.2, 0.25) is 5.91 Å². The molecule has 2 N–H and O–H groups in total.